The summed E-state index contributed by atoms with van der Waals surface area (Å²) in [6, 6.07) is 16.0. The van der Waals surface area contributed by atoms with Crippen molar-refractivity contribution in [3.05, 3.63) is 81.9 Å². The zero-order valence-electron chi connectivity index (χ0n) is 24.5. The van der Waals surface area contributed by atoms with Gasteiger partial charge in [0, 0.05) is 28.4 Å². The van der Waals surface area contributed by atoms with Crippen LogP contribution in [0.15, 0.2) is 48.5 Å². The summed E-state index contributed by atoms with van der Waals surface area (Å²) in [5.74, 6) is 1.73. The summed E-state index contributed by atoms with van der Waals surface area (Å²) >= 11 is 6.60. The van der Waals surface area contributed by atoms with E-state index in [4.69, 9.17) is 30.5 Å². The van der Waals surface area contributed by atoms with Crippen molar-refractivity contribution in [2.24, 2.45) is 5.92 Å². The maximum Gasteiger partial charge on any atom is 0.313 e. The highest BCUT2D eigenvalue weighted by atomic mass is 35.5. The Morgan fingerprint density at radius 2 is 1.93 bits per heavy atom. The van der Waals surface area contributed by atoms with Gasteiger partial charge in [0.05, 0.1) is 32.2 Å². The van der Waals surface area contributed by atoms with E-state index in [2.05, 4.69) is 52.1 Å². The maximum atomic E-state index is 12.1. The lowest BCUT2D eigenvalue weighted by Crippen LogP contribution is -2.17. The van der Waals surface area contributed by atoms with Gasteiger partial charge in [0.1, 0.15) is 18.6 Å². The molecule has 0 amide bonds. The number of halogens is 1. The zero-order valence-corrected chi connectivity index (χ0v) is 25.3. The largest absolute Gasteiger partial charge is 0.493 e. The third kappa shape index (κ3) is 6.00. The Kier molecular flexibility index (Phi) is 9.13. The Bertz CT molecular complexity index is 1550. The number of aromatic nitrogens is 5. The number of carbonyl (C=O) groups is 1. The van der Waals surface area contributed by atoms with Gasteiger partial charge in [-0.3, -0.25) is 4.79 Å². The molecule has 0 unspecified atom stereocenters. The summed E-state index contributed by atoms with van der Waals surface area (Å²) in [6.07, 6.45) is 0.537. The van der Waals surface area contributed by atoms with Gasteiger partial charge < -0.3 is 23.5 Å². The molecule has 0 fully saturated rings. The predicted octanol–water partition coefficient (Wildman–Crippen LogP) is 5.69. The number of esters is 1. The summed E-state index contributed by atoms with van der Waals surface area (Å²) in [5.41, 5.74) is 4.94. The van der Waals surface area contributed by atoms with Gasteiger partial charge in [0.25, 0.3) is 0 Å². The molecule has 1 aliphatic rings. The normalized spacial score (nSPS) is 16.1. The fourth-order valence-electron chi connectivity index (χ4n) is 5.54. The van der Waals surface area contributed by atoms with Crippen molar-refractivity contribution >= 4 is 17.6 Å². The first-order chi connectivity index (χ1) is 20.3. The fourth-order valence-corrected chi connectivity index (χ4v) is 5.73. The van der Waals surface area contributed by atoms with Gasteiger partial charge in [0.15, 0.2) is 17.3 Å². The lowest BCUT2D eigenvalue weighted by Gasteiger charge is -2.25. The van der Waals surface area contributed by atoms with E-state index < -0.39 is 6.10 Å². The summed E-state index contributed by atoms with van der Waals surface area (Å²) < 4.78 is 27.5. The fraction of sp³-hybridized carbons (Fsp3) is 0.419. The number of aryl methyl sites for hydroxylation is 1. The van der Waals surface area contributed by atoms with E-state index in [9.17, 15) is 4.79 Å². The number of rotatable bonds is 11. The first-order valence-corrected chi connectivity index (χ1v) is 14.5. The van der Waals surface area contributed by atoms with E-state index in [1.165, 1.54) is 5.69 Å². The lowest BCUT2D eigenvalue weighted by molar-refractivity contribution is -0.142. The van der Waals surface area contributed by atoms with Crippen molar-refractivity contribution < 1.29 is 23.7 Å². The molecule has 2 atom stereocenters. The Morgan fingerprint density at radius 1 is 1.10 bits per heavy atom. The number of methoxy groups -OCH3 is 2. The monoisotopic (exact) mass is 593 g/mol. The van der Waals surface area contributed by atoms with Crippen molar-refractivity contribution in [2.75, 3.05) is 20.8 Å². The molecule has 0 aliphatic carbocycles. The van der Waals surface area contributed by atoms with Crippen LogP contribution in [0.1, 0.15) is 67.7 Å². The quantitative estimate of drug-likeness (QED) is 0.204. The number of carbonyl (C=O) groups excluding carboxylic acids is 1. The third-order valence-electron chi connectivity index (χ3n) is 7.29. The van der Waals surface area contributed by atoms with Crippen molar-refractivity contribution in [1.82, 2.24) is 24.8 Å². The molecule has 4 aromatic rings. The Hall–Kier alpha value is -3.89. The molecule has 0 saturated heterocycles. The number of tetrazole rings is 1. The number of hydrogen-bond acceptors (Lipinski definition) is 8. The molecular formula is C31H36ClN5O5. The Morgan fingerprint density at radius 3 is 2.67 bits per heavy atom. The van der Waals surface area contributed by atoms with Crippen molar-refractivity contribution in [2.45, 2.75) is 58.8 Å². The molecular weight excluding hydrogens is 558 g/mol. The molecule has 0 bridgehead atoms. The molecule has 3 heterocycles. The molecule has 11 heteroatoms. The third-order valence-corrected chi connectivity index (χ3v) is 7.52. The van der Waals surface area contributed by atoms with Crippen LogP contribution in [0.2, 0.25) is 5.02 Å². The van der Waals surface area contributed by atoms with Crippen LogP contribution < -0.4 is 9.47 Å². The molecule has 42 heavy (non-hydrogen) atoms. The van der Waals surface area contributed by atoms with Gasteiger partial charge >= 0.3 is 5.97 Å². The number of para-hydroxylation sites is 1. The number of ether oxygens (including phenoxy) is 4. The van der Waals surface area contributed by atoms with E-state index in [0.29, 0.717) is 47.8 Å². The topological polar surface area (TPSA) is 103 Å². The average molecular weight is 594 g/mol. The second-order valence-electron chi connectivity index (χ2n) is 10.6. The van der Waals surface area contributed by atoms with Gasteiger partial charge in [-0.15, -0.1) is 5.10 Å². The van der Waals surface area contributed by atoms with Crippen LogP contribution in [0.3, 0.4) is 0 Å². The van der Waals surface area contributed by atoms with Crippen LogP contribution in [-0.2, 0) is 33.7 Å². The van der Waals surface area contributed by atoms with Crippen LogP contribution in [-0.4, -0.2) is 51.6 Å². The molecule has 1 aliphatic heterocycles. The highest BCUT2D eigenvalue weighted by Crippen LogP contribution is 2.47. The van der Waals surface area contributed by atoms with Crippen molar-refractivity contribution in [3.63, 3.8) is 0 Å². The first kappa shape index (κ1) is 29.6. The molecule has 222 valence electrons. The average Bonchev–Trinajstić information content (AvgIpc) is 3.55. The Labute approximate surface area is 250 Å². The number of nitrogens with zero attached hydrogens (tertiary/aromatic N) is 5. The maximum absolute atomic E-state index is 12.1. The van der Waals surface area contributed by atoms with E-state index in [1.54, 1.807) is 25.8 Å². The van der Waals surface area contributed by atoms with E-state index >= 15 is 0 Å². The smallest absolute Gasteiger partial charge is 0.313 e. The zero-order chi connectivity index (χ0) is 29.8. The minimum atomic E-state index is -0.520. The molecule has 0 N–H and O–H groups in total. The second-order valence-corrected chi connectivity index (χ2v) is 11.0. The van der Waals surface area contributed by atoms with Crippen molar-refractivity contribution in [1.29, 1.82) is 0 Å². The minimum Gasteiger partial charge on any atom is -0.493 e. The number of benzene rings is 2. The van der Waals surface area contributed by atoms with Crippen LogP contribution in [0, 0.1) is 5.92 Å². The van der Waals surface area contributed by atoms with Gasteiger partial charge in [-0.1, -0.05) is 37.6 Å². The standard InChI is InChI=1S/C31H36ClN5O5/c1-6-41-29(38)18-28-33-34-35-36(28)15-14-26-25-13-11-21(16-19(2)3)37(25)24-12-10-20(32)17-23(24)30(42-26)22-8-7-9-27(39-4)31(22)40-5/h7-13,17,19,26,30H,6,14-16,18H2,1-5H3/t26-,30-/m1/s1. The van der Waals surface area contributed by atoms with E-state index in [0.717, 1.165) is 28.9 Å². The molecule has 0 saturated carbocycles. The molecule has 0 spiro atoms. The van der Waals surface area contributed by atoms with Crippen LogP contribution >= 0.6 is 11.6 Å². The highest BCUT2D eigenvalue weighted by Gasteiger charge is 2.34. The van der Waals surface area contributed by atoms with Gasteiger partial charge in [-0.25, -0.2) is 4.68 Å². The van der Waals surface area contributed by atoms with E-state index in [1.807, 2.05) is 30.3 Å². The summed E-state index contributed by atoms with van der Waals surface area (Å²) in [6.45, 7) is 6.91. The summed E-state index contributed by atoms with van der Waals surface area (Å²) in [4.78, 5) is 12.1. The number of fused-ring (bicyclic) bond motifs is 3. The van der Waals surface area contributed by atoms with Gasteiger partial charge in [0.2, 0.25) is 0 Å². The van der Waals surface area contributed by atoms with Gasteiger partial charge in [-0.2, -0.15) is 0 Å². The first-order valence-electron chi connectivity index (χ1n) is 14.1. The SMILES string of the molecule is CCOC(=O)Cc1nnnn1CC[C@H]1O[C@H](c2cccc(OC)c2OC)c2cc(Cl)ccc2-n2c(CC(C)C)ccc21. The second kappa shape index (κ2) is 13.0. The molecule has 2 aromatic carbocycles. The lowest BCUT2D eigenvalue weighted by atomic mass is 9.97. The molecule has 2 aromatic heterocycles. The minimum absolute atomic E-state index is 0.00511. The summed E-state index contributed by atoms with van der Waals surface area (Å²) in [7, 11) is 3.24. The van der Waals surface area contributed by atoms with Gasteiger partial charge in [-0.05, 0) is 72.5 Å². The van der Waals surface area contributed by atoms with E-state index in [-0.39, 0.29) is 18.5 Å². The molecule has 10 nitrogen and oxygen atoms in total. The van der Waals surface area contributed by atoms with Crippen LogP contribution in [0.4, 0.5) is 0 Å². The van der Waals surface area contributed by atoms with Crippen molar-refractivity contribution in [3.8, 4) is 17.2 Å². The van der Waals surface area contributed by atoms with Crippen LogP contribution in [0.25, 0.3) is 5.69 Å². The molecule has 0 radical (unpaired) electrons. The Balaban J connectivity index is 1.60. The van der Waals surface area contributed by atoms with Crippen LogP contribution in [0.5, 0.6) is 11.5 Å². The number of hydrogen-bond donors (Lipinski definition) is 0. The predicted molar refractivity (Wildman–Crippen MR) is 157 cm³/mol. The summed E-state index contributed by atoms with van der Waals surface area (Å²) in [5, 5.41) is 12.6. The highest BCUT2D eigenvalue weighted by molar-refractivity contribution is 6.30. The molecule has 5 rings (SSSR count).